The molecule has 0 bridgehead atoms. The monoisotopic (exact) mass is 485 g/mol. The Balaban J connectivity index is 1.65. The zero-order valence-corrected chi connectivity index (χ0v) is 19.5. The largest absolute Gasteiger partial charge is 0.338 e. The second-order valence-electron chi connectivity index (χ2n) is 8.59. The molecule has 2 heterocycles. The van der Waals surface area contributed by atoms with Gasteiger partial charge < -0.3 is 9.80 Å². The molecule has 1 aromatic rings. The first kappa shape index (κ1) is 22.2. The molecule has 29 heavy (non-hydrogen) atoms. The third-order valence-electron chi connectivity index (χ3n) is 5.44. The summed E-state index contributed by atoms with van der Waals surface area (Å²) in [5.41, 5.74) is -0.527. The molecule has 2 saturated heterocycles. The third kappa shape index (κ3) is 4.67. The molecule has 160 valence electrons. The van der Waals surface area contributed by atoms with Gasteiger partial charge in [0.25, 0.3) is 0 Å². The summed E-state index contributed by atoms with van der Waals surface area (Å²) in [4.78, 5) is 29.4. The SMILES string of the molecule is CC(C)(C)C(=O)N1CCCC1C(=O)N1CCN(S(=O)(=O)c2ccc(Br)cc2)CC1. The highest BCUT2D eigenvalue weighted by Crippen LogP contribution is 2.27. The lowest BCUT2D eigenvalue weighted by atomic mass is 9.94. The summed E-state index contributed by atoms with van der Waals surface area (Å²) in [6, 6.07) is 6.12. The second kappa shape index (κ2) is 8.35. The summed E-state index contributed by atoms with van der Waals surface area (Å²) in [6.07, 6.45) is 1.48. The number of likely N-dealkylation sites (tertiary alicyclic amines) is 1. The molecule has 1 atom stereocenters. The van der Waals surface area contributed by atoms with E-state index >= 15 is 0 Å². The van der Waals surface area contributed by atoms with E-state index in [1.54, 1.807) is 34.1 Å². The molecule has 0 radical (unpaired) electrons. The summed E-state index contributed by atoms with van der Waals surface area (Å²) in [5.74, 6) is -0.0782. The quantitative estimate of drug-likeness (QED) is 0.657. The van der Waals surface area contributed by atoms with Crippen molar-refractivity contribution in [3.63, 3.8) is 0 Å². The molecule has 7 nitrogen and oxygen atoms in total. The first-order chi connectivity index (χ1) is 13.5. The van der Waals surface area contributed by atoms with Crippen molar-refractivity contribution in [1.82, 2.24) is 14.1 Å². The van der Waals surface area contributed by atoms with Crippen LogP contribution in [0.2, 0.25) is 0 Å². The molecule has 1 aromatic carbocycles. The highest BCUT2D eigenvalue weighted by atomic mass is 79.9. The molecular formula is C20H28BrN3O4S. The Hall–Kier alpha value is -1.45. The summed E-state index contributed by atoms with van der Waals surface area (Å²) < 4.78 is 27.9. The van der Waals surface area contributed by atoms with E-state index in [4.69, 9.17) is 0 Å². The van der Waals surface area contributed by atoms with Gasteiger partial charge in [-0.2, -0.15) is 4.31 Å². The predicted molar refractivity (Wildman–Crippen MR) is 114 cm³/mol. The van der Waals surface area contributed by atoms with Crippen molar-refractivity contribution in [2.75, 3.05) is 32.7 Å². The van der Waals surface area contributed by atoms with Crippen LogP contribution in [-0.2, 0) is 19.6 Å². The number of hydrogen-bond donors (Lipinski definition) is 0. The smallest absolute Gasteiger partial charge is 0.245 e. The van der Waals surface area contributed by atoms with E-state index in [1.807, 2.05) is 20.8 Å². The maximum absolute atomic E-state index is 13.1. The number of halogens is 1. The second-order valence-corrected chi connectivity index (χ2v) is 11.4. The third-order valence-corrected chi connectivity index (χ3v) is 7.88. The molecule has 0 saturated carbocycles. The van der Waals surface area contributed by atoms with Gasteiger partial charge in [-0.3, -0.25) is 9.59 Å². The summed E-state index contributed by atoms with van der Waals surface area (Å²) in [5, 5.41) is 0. The normalized spacial score (nSPS) is 21.4. The number of carbonyl (C=O) groups excluding carboxylic acids is 2. The van der Waals surface area contributed by atoms with Gasteiger partial charge in [0.1, 0.15) is 6.04 Å². The molecule has 0 N–H and O–H groups in total. The van der Waals surface area contributed by atoms with Gasteiger partial charge in [0.05, 0.1) is 4.90 Å². The summed E-state index contributed by atoms with van der Waals surface area (Å²) in [7, 11) is -3.58. The molecule has 2 fully saturated rings. The lowest BCUT2D eigenvalue weighted by Gasteiger charge is -2.37. The number of piperazine rings is 1. The zero-order chi connectivity index (χ0) is 21.4. The van der Waals surface area contributed by atoms with Crippen molar-refractivity contribution >= 4 is 37.8 Å². The molecule has 1 unspecified atom stereocenters. The summed E-state index contributed by atoms with van der Waals surface area (Å²) in [6.45, 7) is 7.37. The number of sulfonamides is 1. The van der Waals surface area contributed by atoms with Gasteiger partial charge in [0.2, 0.25) is 21.8 Å². The zero-order valence-electron chi connectivity index (χ0n) is 17.1. The molecule has 2 aliphatic rings. The first-order valence-electron chi connectivity index (χ1n) is 9.87. The standard InChI is InChI=1S/C20H28BrN3O4S/c1-20(2,3)19(26)24-10-4-5-17(24)18(25)22-11-13-23(14-12-22)29(27,28)16-8-6-15(21)7-9-16/h6-9,17H,4-5,10-14H2,1-3H3. The minimum atomic E-state index is -3.58. The Labute approximate surface area is 181 Å². The van der Waals surface area contributed by atoms with Crippen LogP contribution in [0.4, 0.5) is 0 Å². The first-order valence-corrected chi connectivity index (χ1v) is 12.1. The van der Waals surface area contributed by atoms with E-state index in [9.17, 15) is 18.0 Å². The lowest BCUT2D eigenvalue weighted by molar-refractivity contribution is -0.148. The van der Waals surface area contributed by atoms with Crippen LogP contribution in [0.3, 0.4) is 0 Å². The Morgan fingerprint density at radius 2 is 1.59 bits per heavy atom. The van der Waals surface area contributed by atoms with Crippen LogP contribution in [0.25, 0.3) is 0 Å². The van der Waals surface area contributed by atoms with Crippen LogP contribution in [0.1, 0.15) is 33.6 Å². The number of hydrogen-bond acceptors (Lipinski definition) is 4. The molecule has 3 rings (SSSR count). The average molecular weight is 486 g/mol. The molecular weight excluding hydrogens is 458 g/mol. The number of carbonyl (C=O) groups is 2. The number of amides is 2. The molecule has 0 aromatic heterocycles. The van der Waals surface area contributed by atoms with E-state index in [1.165, 1.54) is 4.31 Å². The van der Waals surface area contributed by atoms with Crippen LogP contribution in [-0.4, -0.2) is 73.1 Å². The van der Waals surface area contributed by atoms with Crippen LogP contribution >= 0.6 is 15.9 Å². The average Bonchev–Trinajstić information content (AvgIpc) is 3.16. The number of rotatable bonds is 3. The maximum Gasteiger partial charge on any atom is 0.245 e. The molecule has 0 spiro atoms. The van der Waals surface area contributed by atoms with E-state index < -0.39 is 21.5 Å². The van der Waals surface area contributed by atoms with Crippen LogP contribution in [0.15, 0.2) is 33.6 Å². The Bertz CT molecular complexity index is 872. The fourth-order valence-corrected chi connectivity index (χ4v) is 5.50. The van der Waals surface area contributed by atoms with Gasteiger partial charge in [0, 0.05) is 42.6 Å². The van der Waals surface area contributed by atoms with Gasteiger partial charge >= 0.3 is 0 Å². The van der Waals surface area contributed by atoms with Gasteiger partial charge in [-0.15, -0.1) is 0 Å². The molecule has 2 aliphatic heterocycles. The van der Waals surface area contributed by atoms with E-state index in [-0.39, 0.29) is 29.8 Å². The number of benzene rings is 1. The van der Waals surface area contributed by atoms with E-state index in [2.05, 4.69) is 15.9 Å². The Kier molecular flexibility index (Phi) is 6.41. The lowest BCUT2D eigenvalue weighted by Crippen LogP contribution is -2.56. The van der Waals surface area contributed by atoms with Gasteiger partial charge in [-0.05, 0) is 37.1 Å². The Morgan fingerprint density at radius 1 is 1.00 bits per heavy atom. The van der Waals surface area contributed by atoms with Gasteiger partial charge in [-0.25, -0.2) is 8.42 Å². The van der Waals surface area contributed by atoms with E-state index in [0.717, 1.165) is 10.9 Å². The molecule has 9 heteroatoms. The summed E-state index contributed by atoms with van der Waals surface area (Å²) >= 11 is 3.31. The van der Waals surface area contributed by atoms with Crippen molar-refractivity contribution in [3.8, 4) is 0 Å². The van der Waals surface area contributed by atoms with Crippen molar-refractivity contribution in [2.24, 2.45) is 5.41 Å². The van der Waals surface area contributed by atoms with Crippen molar-refractivity contribution < 1.29 is 18.0 Å². The number of nitrogens with zero attached hydrogens (tertiary/aromatic N) is 3. The fourth-order valence-electron chi connectivity index (χ4n) is 3.81. The molecule has 2 amide bonds. The van der Waals surface area contributed by atoms with Crippen molar-refractivity contribution in [1.29, 1.82) is 0 Å². The predicted octanol–water partition coefficient (Wildman–Crippen LogP) is 2.32. The van der Waals surface area contributed by atoms with Crippen LogP contribution < -0.4 is 0 Å². The Morgan fingerprint density at radius 3 is 2.14 bits per heavy atom. The van der Waals surface area contributed by atoms with Crippen LogP contribution in [0, 0.1) is 5.41 Å². The minimum Gasteiger partial charge on any atom is -0.338 e. The van der Waals surface area contributed by atoms with E-state index in [0.29, 0.717) is 26.1 Å². The van der Waals surface area contributed by atoms with Gasteiger partial charge in [0.15, 0.2) is 0 Å². The topological polar surface area (TPSA) is 78.0 Å². The fraction of sp³-hybridized carbons (Fsp3) is 0.600. The minimum absolute atomic E-state index is 0.00944. The maximum atomic E-state index is 13.1. The van der Waals surface area contributed by atoms with Crippen LogP contribution in [0.5, 0.6) is 0 Å². The molecule has 0 aliphatic carbocycles. The van der Waals surface area contributed by atoms with Crippen molar-refractivity contribution in [3.05, 3.63) is 28.7 Å². The van der Waals surface area contributed by atoms with Gasteiger partial charge in [-0.1, -0.05) is 36.7 Å². The highest BCUT2D eigenvalue weighted by Gasteiger charge is 2.41. The highest BCUT2D eigenvalue weighted by molar-refractivity contribution is 9.10. The van der Waals surface area contributed by atoms with Crippen molar-refractivity contribution in [2.45, 2.75) is 44.6 Å².